The quantitative estimate of drug-likeness (QED) is 0.0401. The van der Waals surface area contributed by atoms with Crippen molar-refractivity contribution in [2.75, 3.05) is 39.5 Å². The molecular weight excluding hydrogens is 763 g/mol. The molecule has 0 saturated carbocycles. The van der Waals surface area contributed by atoms with Gasteiger partial charge in [0.2, 0.25) is 0 Å². The molecule has 348 valence electrons. The van der Waals surface area contributed by atoms with Gasteiger partial charge in [-0.2, -0.15) is 0 Å². The predicted octanol–water partition coefficient (Wildman–Crippen LogP) is 13.0. The maximum absolute atomic E-state index is 12.5. The third-order valence-corrected chi connectivity index (χ3v) is 11.5. The number of aliphatic hydroxyl groups excluding tert-OH is 1. The Morgan fingerprint density at radius 2 is 0.869 bits per heavy atom. The zero-order valence-corrected chi connectivity index (χ0v) is 39.3. The number of carbonyl (C=O) groups excluding carboxylic acids is 2. The molecule has 0 saturated heterocycles. The number of hydrogen-bond acceptors (Lipinski definition) is 8. The van der Waals surface area contributed by atoms with Crippen LogP contribution >= 0.6 is 0 Å². The molecule has 0 aliphatic rings. The van der Waals surface area contributed by atoms with Crippen molar-refractivity contribution >= 4 is 11.9 Å². The lowest BCUT2D eigenvalue weighted by atomic mass is 10.1. The van der Waals surface area contributed by atoms with Crippen LogP contribution in [-0.4, -0.2) is 67.7 Å². The fraction of sp³-hybridized carbons (Fsp3) is 0.736. The molecule has 0 aliphatic carbocycles. The summed E-state index contributed by atoms with van der Waals surface area (Å²) >= 11 is 0. The Labute approximate surface area is 373 Å². The number of rotatable bonds is 42. The molecule has 8 nitrogen and oxygen atoms in total. The van der Waals surface area contributed by atoms with Gasteiger partial charge in [-0.05, 0) is 112 Å². The number of ether oxygens (including phenoxy) is 4. The minimum absolute atomic E-state index is 0.0451. The third kappa shape index (κ3) is 30.8. The Morgan fingerprint density at radius 3 is 1.33 bits per heavy atom. The Kier molecular flexibility index (Phi) is 34.6. The van der Waals surface area contributed by atoms with Gasteiger partial charge in [-0.3, -0.25) is 9.59 Å². The second kappa shape index (κ2) is 38.9. The molecule has 2 aromatic carbocycles. The zero-order chi connectivity index (χ0) is 43.9. The Hall–Kier alpha value is -2.78. The van der Waals surface area contributed by atoms with Gasteiger partial charge in [-0.15, -0.1) is 0 Å². The summed E-state index contributed by atoms with van der Waals surface area (Å²) in [5.41, 5.74) is 5.02. The fourth-order valence-corrected chi connectivity index (χ4v) is 7.52. The molecule has 2 aromatic rings. The largest absolute Gasteiger partial charge is 0.466 e. The lowest BCUT2D eigenvalue weighted by Crippen LogP contribution is -2.29. The summed E-state index contributed by atoms with van der Waals surface area (Å²) in [5.74, 6) is -0.172. The van der Waals surface area contributed by atoms with E-state index in [-0.39, 0.29) is 24.8 Å². The zero-order valence-electron chi connectivity index (χ0n) is 39.3. The van der Waals surface area contributed by atoms with Crippen LogP contribution in [0, 0.1) is 0 Å². The second-order valence-electron chi connectivity index (χ2n) is 17.2. The van der Waals surface area contributed by atoms with Crippen LogP contribution < -0.4 is 0 Å². The van der Waals surface area contributed by atoms with Gasteiger partial charge in [0.1, 0.15) is 0 Å². The summed E-state index contributed by atoms with van der Waals surface area (Å²) in [5, 5.41) is 9.57. The summed E-state index contributed by atoms with van der Waals surface area (Å²) in [6, 6.07) is 17.5. The van der Waals surface area contributed by atoms with Crippen LogP contribution in [0.4, 0.5) is 0 Å². The molecule has 61 heavy (non-hydrogen) atoms. The molecule has 0 aliphatic heterocycles. The Morgan fingerprint density at radius 1 is 0.475 bits per heavy atom. The van der Waals surface area contributed by atoms with E-state index in [1.165, 1.54) is 68.9 Å². The number of carbonyl (C=O) groups is 2. The summed E-state index contributed by atoms with van der Waals surface area (Å²) < 4.78 is 23.6. The Balaban J connectivity index is 1.54. The van der Waals surface area contributed by atoms with Crippen LogP contribution in [-0.2, 0) is 54.6 Å². The van der Waals surface area contributed by atoms with E-state index in [0.717, 1.165) is 127 Å². The third-order valence-electron chi connectivity index (χ3n) is 11.5. The van der Waals surface area contributed by atoms with E-state index in [2.05, 4.69) is 74.2 Å². The van der Waals surface area contributed by atoms with Crippen molar-refractivity contribution < 1.29 is 33.6 Å². The van der Waals surface area contributed by atoms with E-state index in [0.29, 0.717) is 45.8 Å². The predicted molar refractivity (Wildman–Crippen MR) is 252 cm³/mol. The van der Waals surface area contributed by atoms with Gasteiger partial charge in [-0.1, -0.05) is 153 Å². The lowest BCUT2D eigenvalue weighted by Gasteiger charge is -2.21. The van der Waals surface area contributed by atoms with Crippen molar-refractivity contribution in [1.29, 1.82) is 0 Å². The molecule has 1 N–H and O–H groups in total. The highest BCUT2D eigenvalue weighted by molar-refractivity contribution is 5.69. The van der Waals surface area contributed by atoms with Gasteiger partial charge in [0.25, 0.3) is 0 Å². The van der Waals surface area contributed by atoms with E-state index in [4.69, 9.17) is 18.9 Å². The minimum Gasteiger partial charge on any atom is -0.466 e. The number of aryl methyl sites for hydroxylation is 2. The van der Waals surface area contributed by atoms with Crippen LogP contribution in [0.15, 0.2) is 48.5 Å². The number of aliphatic hydroxyl groups is 1. The van der Waals surface area contributed by atoms with Crippen molar-refractivity contribution in [3.8, 4) is 0 Å². The molecule has 0 aromatic heterocycles. The highest BCUT2D eigenvalue weighted by Gasteiger charge is 2.13. The summed E-state index contributed by atoms with van der Waals surface area (Å²) in [6.45, 7) is 11.6. The highest BCUT2D eigenvalue weighted by atomic mass is 16.7. The van der Waals surface area contributed by atoms with Gasteiger partial charge < -0.3 is 29.0 Å². The molecule has 0 heterocycles. The van der Waals surface area contributed by atoms with E-state index in [1.54, 1.807) is 0 Å². The van der Waals surface area contributed by atoms with Crippen molar-refractivity contribution in [2.24, 2.45) is 0 Å². The van der Waals surface area contributed by atoms with Crippen LogP contribution in [0.2, 0.25) is 0 Å². The lowest BCUT2D eigenvalue weighted by molar-refractivity contribution is -0.161. The van der Waals surface area contributed by atoms with Crippen LogP contribution in [0.3, 0.4) is 0 Å². The maximum Gasteiger partial charge on any atom is 0.305 e. The summed E-state index contributed by atoms with van der Waals surface area (Å²) in [6.07, 6.45) is 27.9. The van der Waals surface area contributed by atoms with Crippen LogP contribution in [0.25, 0.3) is 0 Å². The molecule has 0 bridgehead atoms. The summed E-state index contributed by atoms with van der Waals surface area (Å²) in [4.78, 5) is 26.9. The van der Waals surface area contributed by atoms with Gasteiger partial charge in [0, 0.05) is 19.4 Å². The van der Waals surface area contributed by atoms with Crippen molar-refractivity contribution in [3.05, 3.63) is 70.8 Å². The van der Waals surface area contributed by atoms with Gasteiger partial charge in [-0.25, -0.2) is 0 Å². The van der Waals surface area contributed by atoms with Crippen molar-refractivity contribution in [2.45, 2.75) is 214 Å². The first-order chi connectivity index (χ1) is 30.0. The van der Waals surface area contributed by atoms with Crippen LogP contribution in [0.5, 0.6) is 0 Å². The highest BCUT2D eigenvalue weighted by Crippen LogP contribution is 2.17. The molecule has 0 atom stereocenters. The maximum atomic E-state index is 12.5. The van der Waals surface area contributed by atoms with Gasteiger partial charge in [0.05, 0.1) is 33.0 Å². The van der Waals surface area contributed by atoms with E-state index in [9.17, 15) is 14.7 Å². The monoisotopic (exact) mass is 852 g/mol. The average Bonchev–Trinajstić information content (AvgIpc) is 3.27. The van der Waals surface area contributed by atoms with E-state index < -0.39 is 0 Å². The molecule has 2 rings (SSSR count). The number of esters is 2. The number of hydrogen-bond donors (Lipinski definition) is 1. The first-order valence-electron chi connectivity index (χ1n) is 25.0. The molecule has 0 spiro atoms. The molecule has 0 radical (unpaired) electrons. The normalized spacial score (nSPS) is 11.5. The number of nitrogens with zero attached hydrogens (tertiary/aromatic N) is 1. The van der Waals surface area contributed by atoms with E-state index in [1.807, 2.05) is 0 Å². The SMILES string of the molecule is CCCCCCCCCOC(=O)CCCCCCCN(CCO)CCCCCCOC(=O)CCCCC(OCc1ccc(CCCC)cc1)OCc1ccc(CCCC)cc1. The van der Waals surface area contributed by atoms with Crippen LogP contribution in [0.1, 0.15) is 204 Å². The number of unbranched alkanes of at least 4 members (excludes halogenated alkanes) is 16. The molecule has 0 amide bonds. The number of benzene rings is 2. The summed E-state index contributed by atoms with van der Waals surface area (Å²) in [7, 11) is 0. The van der Waals surface area contributed by atoms with Crippen molar-refractivity contribution in [1.82, 2.24) is 4.90 Å². The van der Waals surface area contributed by atoms with Gasteiger partial charge in [0.15, 0.2) is 6.29 Å². The molecule has 8 heteroatoms. The average molecular weight is 852 g/mol. The first-order valence-corrected chi connectivity index (χ1v) is 25.0. The Bertz CT molecular complexity index is 1250. The van der Waals surface area contributed by atoms with Gasteiger partial charge >= 0.3 is 11.9 Å². The fourth-order valence-electron chi connectivity index (χ4n) is 7.52. The van der Waals surface area contributed by atoms with Crippen molar-refractivity contribution in [3.63, 3.8) is 0 Å². The first kappa shape index (κ1) is 54.4. The van der Waals surface area contributed by atoms with E-state index >= 15 is 0 Å². The smallest absolute Gasteiger partial charge is 0.305 e. The standard InChI is InChI=1S/C53H89NO7/c1-4-7-10-11-12-17-24-43-58-51(56)28-19-14-13-15-22-39-54(41-42-55)40-23-16-18-25-44-59-52(57)29-20-21-30-53(60-45-49-35-31-47(32-36-49)26-8-5-2)61-46-50-37-33-48(34-38-50)27-9-6-3/h31-38,53,55H,4-30,39-46H2,1-3H3. The second-order valence-corrected chi connectivity index (χ2v) is 17.2. The minimum atomic E-state index is -0.346. The topological polar surface area (TPSA) is 94.5 Å². The molecule has 0 fully saturated rings. The molecule has 0 unspecified atom stereocenters. The molecular formula is C53H89NO7.